The molecule has 3 heterocycles. The second kappa shape index (κ2) is 4.56. The number of hydrogen-bond acceptors (Lipinski definition) is 5. The highest BCUT2D eigenvalue weighted by atomic mass is 32.2. The number of pyridine rings is 1. The first-order valence-electron chi connectivity index (χ1n) is 7.05. The normalized spacial score (nSPS) is 20.7. The average molecular weight is 322 g/mol. The van der Waals surface area contributed by atoms with Crippen molar-refractivity contribution < 1.29 is 17.7 Å². The Kier molecular flexibility index (Phi) is 3.22. The molecule has 0 saturated carbocycles. The molecule has 1 aliphatic rings. The minimum Gasteiger partial charge on any atom is -0.398 e. The molecule has 118 valence electrons. The van der Waals surface area contributed by atoms with Gasteiger partial charge in [0.15, 0.2) is 0 Å². The van der Waals surface area contributed by atoms with Crippen molar-refractivity contribution in [1.29, 1.82) is 0 Å². The number of nitrogens with zero attached hydrogens (tertiary/aromatic N) is 2. The van der Waals surface area contributed by atoms with Crippen LogP contribution >= 0.6 is 0 Å². The van der Waals surface area contributed by atoms with E-state index in [1.54, 1.807) is 18.3 Å². The molecule has 0 aliphatic carbocycles. The van der Waals surface area contributed by atoms with Crippen molar-refractivity contribution in [1.82, 2.24) is 8.96 Å². The fraction of sp³-hybridized carbons (Fsp3) is 0.500. The molecule has 0 N–H and O–H groups in total. The first kappa shape index (κ1) is 15.5. The summed E-state index contributed by atoms with van der Waals surface area (Å²) in [5.74, 6) is 0. The Morgan fingerprint density at radius 2 is 1.73 bits per heavy atom. The van der Waals surface area contributed by atoms with Crippen molar-refractivity contribution in [2.45, 2.75) is 38.9 Å². The number of fused-ring (bicyclic) bond motifs is 1. The van der Waals surface area contributed by atoms with Crippen molar-refractivity contribution in [3.05, 3.63) is 24.5 Å². The maximum atomic E-state index is 11.8. The Balaban J connectivity index is 2.13. The Morgan fingerprint density at radius 3 is 2.27 bits per heavy atom. The summed E-state index contributed by atoms with van der Waals surface area (Å²) in [5, 5.41) is 0.714. The van der Waals surface area contributed by atoms with Crippen LogP contribution in [0, 0.1) is 0 Å². The molecular weight excluding hydrogens is 303 g/mol. The first-order chi connectivity index (χ1) is 10.0. The maximum Gasteiger partial charge on any atom is 0.515 e. The van der Waals surface area contributed by atoms with Crippen molar-refractivity contribution in [3.8, 4) is 0 Å². The van der Waals surface area contributed by atoms with Crippen molar-refractivity contribution >= 4 is 33.6 Å². The summed E-state index contributed by atoms with van der Waals surface area (Å²) in [5.41, 5.74) is 0.225. The summed E-state index contributed by atoms with van der Waals surface area (Å²) in [4.78, 5) is 4.36. The van der Waals surface area contributed by atoms with Gasteiger partial charge in [0.05, 0.1) is 28.6 Å². The highest BCUT2D eigenvalue weighted by Gasteiger charge is 2.52. The largest absolute Gasteiger partial charge is 0.515 e. The Hall–Kier alpha value is -1.38. The highest BCUT2D eigenvalue weighted by Crippen LogP contribution is 2.36. The smallest absolute Gasteiger partial charge is 0.398 e. The molecule has 0 atom stereocenters. The zero-order valence-electron chi connectivity index (χ0n) is 13.3. The van der Waals surface area contributed by atoms with Gasteiger partial charge in [-0.3, -0.25) is 4.98 Å². The maximum absolute atomic E-state index is 11.8. The quantitative estimate of drug-likeness (QED) is 0.776. The molecule has 0 spiro atoms. The standard InChI is InChI=1S/C14H19BN2O4S/c1-13(2)14(3,4)21-15(20-13)12-10-7-9-17(22(5,18)19)11(10)6-8-16-12/h6-9H,1-5H3. The van der Waals surface area contributed by atoms with Gasteiger partial charge in [-0.1, -0.05) is 0 Å². The van der Waals surface area contributed by atoms with Gasteiger partial charge in [0, 0.05) is 17.8 Å². The van der Waals surface area contributed by atoms with E-state index in [2.05, 4.69) is 4.98 Å². The van der Waals surface area contributed by atoms with Gasteiger partial charge in [0.2, 0.25) is 10.0 Å². The predicted molar refractivity (Wildman–Crippen MR) is 85.7 cm³/mol. The lowest BCUT2D eigenvalue weighted by atomic mass is 9.82. The SMILES string of the molecule is CC1(C)OB(c2nccc3c2ccn3S(C)(=O)=O)OC1(C)C. The van der Waals surface area contributed by atoms with E-state index in [0.717, 1.165) is 0 Å². The third-order valence-electron chi connectivity index (χ3n) is 4.45. The summed E-state index contributed by atoms with van der Waals surface area (Å²) in [6.45, 7) is 7.87. The van der Waals surface area contributed by atoms with E-state index >= 15 is 0 Å². The van der Waals surface area contributed by atoms with Crippen LogP contribution in [0.1, 0.15) is 27.7 Å². The Labute approximate surface area is 130 Å². The summed E-state index contributed by atoms with van der Waals surface area (Å²) in [6.07, 6.45) is 4.27. The van der Waals surface area contributed by atoms with Crippen LogP contribution in [-0.2, 0) is 19.3 Å². The van der Waals surface area contributed by atoms with Crippen LogP contribution in [0.4, 0.5) is 0 Å². The zero-order chi connectivity index (χ0) is 16.3. The Morgan fingerprint density at radius 1 is 1.14 bits per heavy atom. The van der Waals surface area contributed by atoms with Gasteiger partial charge in [0.1, 0.15) is 0 Å². The Bertz CT molecular complexity index is 826. The lowest BCUT2D eigenvalue weighted by molar-refractivity contribution is 0.00578. The van der Waals surface area contributed by atoms with Crippen molar-refractivity contribution in [2.24, 2.45) is 0 Å². The van der Waals surface area contributed by atoms with E-state index in [9.17, 15) is 8.42 Å². The number of rotatable bonds is 2. The summed E-state index contributed by atoms with van der Waals surface area (Å²) >= 11 is 0. The van der Waals surface area contributed by atoms with Crippen molar-refractivity contribution in [2.75, 3.05) is 6.26 Å². The van der Waals surface area contributed by atoms with Crippen LogP contribution in [0.5, 0.6) is 0 Å². The molecule has 1 aliphatic heterocycles. The highest BCUT2D eigenvalue weighted by molar-refractivity contribution is 7.89. The molecule has 0 radical (unpaired) electrons. The number of hydrogen-bond donors (Lipinski definition) is 0. The second-order valence-corrected chi connectivity index (χ2v) is 8.45. The van der Waals surface area contributed by atoms with Crippen LogP contribution in [0.15, 0.2) is 24.5 Å². The molecule has 0 bridgehead atoms. The lowest BCUT2D eigenvalue weighted by Gasteiger charge is -2.32. The van der Waals surface area contributed by atoms with Gasteiger partial charge >= 0.3 is 7.12 Å². The topological polar surface area (TPSA) is 70.4 Å². The summed E-state index contributed by atoms with van der Waals surface area (Å²) in [7, 11) is -3.99. The molecule has 6 nitrogen and oxygen atoms in total. The molecule has 0 amide bonds. The predicted octanol–water partition coefficient (Wildman–Crippen LogP) is 1.14. The molecule has 22 heavy (non-hydrogen) atoms. The van der Waals surface area contributed by atoms with Crippen molar-refractivity contribution in [3.63, 3.8) is 0 Å². The number of aromatic nitrogens is 2. The van der Waals surface area contributed by atoms with Gasteiger partial charge in [-0.05, 0) is 39.8 Å². The van der Waals surface area contributed by atoms with Gasteiger partial charge < -0.3 is 9.31 Å². The minimum absolute atomic E-state index is 0.471. The monoisotopic (exact) mass is 322 g/mol. The van der Waals surface area contributed by atoms with Gasteiger partial charge in [-0.25, -0.2) is 12.4 Å². The molecular formula is C14H19BN2O4S. The molecule has 0 aromatic carbocycles. The van der Waals surface area contributed by atoms with E-state index in [4.69, 9.17) is 9.31 Å². The van der Waals surface area contributed by atoms with Gasteiger partial charge in [-0.15, -0.1) is 0 Å². The minimum atomic E-state index is -3.36. The van der Waals surface area contributed by atoms with E-state index in [1.807, 2.05) is 27.7 Å². The van der Waals surface area contributed by atoms with Crippen LogP contribution in [0.2, 0.25) is 0 Å². The van der Waals surface area contributed by atoms with Crippen LogP contribution < -0.4 is 5.59 Å². The molecule has 0 unspecified atom stereocenters. The van der Waals surface area contributed by atoms with Crippen LogP contribution in [-0.4, -0.2) is 42.0 Å². The first-order valence-corrected chi connectivity index (χ1v) is 8.90. The average Bonchev–Trinajstić information content (AvgIpc) is 2.87. The third-order valence-corrected chi connectivity index (χ3v) is 5.48. The van der Waals surface area contributed by atoms with Gasteiger partial charge in [-0.2, -0.15) is 0 Å². The zero-order valence-corrected chi connectivity index (χ0v) is 14.1. The second-order valence-electron chi connectivity index (χ2n) is 6.59. The molecule has 2 aromatic heterocycles. The lowest BCUT2D eigenvalue weighted by Crippen LogP contribution is -2.41. The molecule has 8 heteroatoms. The third kappa shape index (κ3) is 2.26. The molecule has 1 fully saturated rings. The van der Waals surface area contributed by atoms with Gasteiger partial charge in [0.25, 0.3) is 0 Å². The van der Waals surface area contributed by atoms with E-state index < -0.39 is 28.3 Å². The molecule has 2 aromatic rings. The molecule has 3 rings (SSSR count). The van der Waals surface area contributed by atoms with Crippen LogP contribution in [0.3, 0.4) is 0 Å². The van der Waals surface area contributed by atoms with Crippen LogP contribution in [0.25, 0.3) is 10.9 Å². The fourth-order valence-corrected chi connectivity index (χ4v) is 3.29. The summed E-state index contributed by atoms with van der Waals surface area (Å²) < 4.78 is 36.9. The molecule has 1 saturated heterocycles. The van der Waals surface area contributed by atoms with E-state index in [0.29, 0.717) is 16.5 Å². The van der Waals surface area contributed by atoms with E-state index in [1.165, 1.54) is 16.4 Å². The van der Waals surface area contributed by atoms with E-state index in [-0.39, 0.29) is 0 Å². The summed E-state index contributed by atoms with van der Waals surface area (Å²) in [6, 6.07) is 3.40. The fourth-order valence-electron chi connectivity index (χ4n) is 2.50.